The largest absolute Gasteiger partial charge is 0.490 e. The Labute approximate surface area is 210 Å². The number of hydrogen-bond donors (Lipinski definition) is 1. The van der Waals surface area contributed by atoms with E-state index in [9.17, 15) is 13.7 Å². The normalized spacial score (nSPS) is 11.8. The van der Waals surface area contributed by atoms with E-state index in [2.05, 4.69) is 22.6 Å². The van der Waals surface area contributed by atoms with Gasteiger partial charge in [0.05, 0.1) is 23.2 Å². The number of aryl methyl sites for hydroxylation is 1. The quantitative estimate of drug-likeness (QED) is 0.176. The number of allylic oxidation sites excluding steroid dienone is 2. The summed E-state index contributed by atoms with van der Waals surface area (Å²) in [7, 11) is -4.11. The fraction of sp³-hybridized carbons (Fsp3) is 0.143. The number of imidazole rings is 1. The third-order valence-electron chi connectivity index (χ3n) is 5.40. The molecule has 0 spiro atoms. The van der Waals surface area contributed by atoms with Gasteiger partial charge in [0.1, 0.15) is 16.8 Å². The first-order valence-electron chi connectivity index (χ1n) is 11.3. The maximum absolute atomic E-state index is 13.0. The molecule has 0 aliphatic rings. The monoisotopic (exact) mass is 499 g/mol. The summed E-state index contributed by atoms with van der Waals surface area (Å²) in [6.07, 6.45) is 3.65. The van der Waals surface area contributed by atoms with Crippen LogP contribution in [0.15, 0.2) is 78.2 Å². The highest BCUT2D eigenvalue weighted by atomic mass is 32.2. The van der Waals surface area contributed by atoms with Crippen LogP contribution in [0.1, 0.15) is 29.4 Å². The van der Waals surface area contributed by atoms with Gasteiger partial charge in [-0.15, -0.1) is 6.58 Å². The molecule has 4 aromatic rings. The molecule has 182 valence electrons. The van der Waals surface area contributed by atoms with Gasteiger partial charge >= 0.3 is 10.1 Å². The van der Waals surface area contributed by atoms with E-state index in [4.69, 9.17) is 8.92 Å². The Morgan fingerprint density at radius 1 is 1.17 bits per heavy atom. The number of benzene rings is 3. The van der Waals surface area contributed by atoms with Gasteiger partial charge in [0.2, 0.25) is 0 Å². The first-order chi connectivity index (χ1) is 17.3. The number of fused-ring (bicyclic) bond motifs is 1. The molecule has 4 rings (SSSR count). The van der Waals surface area contributed by atoms with Crippen molar-refractivity contribution in [2.45, 2.75) is 25.2 Å². The van der Waals surface area contributed by atoms with Crippen LogP contribution in [0.2, 0.25) is 0 Å². The predicted octanol–water partition coefficient (Wildman–Crippen LogP) is 5.83. The van der Waals surface area contributed by atoms with Crippen molar-refractivity contribution >= 4 is 32.8 Å². The Kier molecular flexibility index (Phi) is 7.23. The molecular weight excluding hydrogens is 474 g/mol. The lowest BCUT2D eigenvalue weighted by molar-refractivity contribution is 0.326. The van der Waals surface area contributed by atoms with E-state index in [1.807, 2.05) is 31.2 Å². The Morgan fingerprint density at radius 2 is 1.92 bits per heavy atom. The maximum Gasteiger partial charge on any atom is 0.339 e. The number of nitrogens with one attached hydrogen (secondary N) is 1. The van der Waals surface area contributed by atoms with Gasteiger partial charge in [0, 0.05) is 5.56 Å². The van der Waals surface area contributed by atoms with Gasteiger partial charge in [-0.2, -0.15) is 13.7 Å². The lowest BCUT2D eigenvalue weighted by atomic mass is 10.0. The fourth-order valence-electron chi connectivity index (χ4n) is 3.69. The van der Waals surface area contributed by atoms with Crippen molar-refractivity contribution < 1.29 is 17.3 Å². The Bertz CT molecular complexity index is 1560. The van der Waals surface area contributed by atoms with Gasteiger partial charge < -0.3 is 13.9 Å². The summed E-state index contributed by atoms with van der Waals surface area (Å²) in [4.78, 5) is 7.71. The Balaban J connectivity index is 1.79. The second-order valence-corrected chi connectivity index (χ2v) is 9.60. The number of aromatic nitrogens is 2. The molecule has 0 radical (unpaired) electrons. The summed E-state index contributed by atoms with van der Waals surface area (Å²) in [5, 5.41) is 9.83. The summed E-state index contributed by atoms with van der Waals surface area (Å²) < 4.78 is 37.4. The van der Waals surface area contributed by atoms with Crippen molar-refractivity contribution in [3.63, 3.8) is 0 Å². The molecule has 1 N–H and O–H groups in total. The minimum Gasteiger partial charge on any atom is -0.490 e. The van der Waals surface area contributed by atoms with Crippen LogP contribution < -0.4 is 8.92 Å². The summed E-state index contributed by atoms with van der Waals surface area (Å²) in [5.74, 6) is 0.779. The topological polar surface area (TPSA) is 105 Å². The van der Waals surface area contributed by atoms with Gasteiger partial charge in [-0.3, -0.25) is 0 Å². The van der Waals surface area contributed by atoms with Crippen molar-refractivity contribution in [2.75, 3.05) is 6.61 Å². The molecule has 36 heavy (non-hydrogen) atoms. The highest BCUT2D eigenvalue weighted by Crippen LogP contribution is 2.37. The smallest absolute Gasteiger partial charge is 0.339 e. The zero-order valence-corrected chi connectivity index (χ0v) is 20.8. The zero-order valence-electron chi connectivity index (χ0n) is 20.0. The molecule has 0 aliphatic heterocycles. The third kappa shape index (κ3) is 5.32. The van der Waals surface area contributed by atoms with Crippen molar-refractivity contribution in [3.05, 3.63) is 95.8 Å². The number of hydrogen-bond acceptors (Lipinski definition) is 6. The first kappa shape index (κ1) is 24.8. The second-order valence-electron chi connectivity index (χ2n) is 8.06. The van der Waals surface area contributed by atoms with Crippen LogP contribution in [0.25, 0.3) is 22.7 Å². The van der Waals surface area contributed by atoms with Gasteiger partial charge in [-0.1, -0.05) is 35.9 Å². The van der Waals surface area contributed by atoms with Gasteiger partial charge in [-0.05, 0) is 68.3 Å². The number of H-pyrrole nitrogens is 1. The predicted molar refractivity (Wildman–Crippen MR) is 140 cm³/mol. The number of aromatic amines is 1. The molecule has 0 amide bonds. The lowest BCUT2D eigenvalue weighted by Gasteiger charge is -2.16. The van der Waals surface area contributed by atoms with E-state index in [0.717, 1.165) is 16.6 Å². The van der Waals surface area contributed by atoms with Crippen LogP contribution in [-0.4, -0.2) is 25.0 Å². The molecule has 0 unspecified atom stereocenters. The number of nitrogens with zero attached hydrogens (tertiary/aromatic N) is 2. The van der Waals surface area contributed by atoms with Crippen molar-refractivity contribution in [3.8, 4) is 17.6 Å². The van der Waals surface area contributed by atoms with E-state index >= 15 is 0 Å². The lowest BCUT2D eigenvalue weighted by Crippen LogP contribution is -2.12. The summed E-state index contributed by atoms with van der Waals surface area (Å²) in [6, 6.07) is 19.5. The van der Waals surface area contributed by atoms with E-state index in [1.54, 1.807) is 43.3 Å². The van der Waals surface area contributed by atoms with Gasteiger partial charge in [-0.25, -0.2) is 4.98 Å². The van der Waals surface area contributed by atoms with Crippen LogP contribution in [0.4, 0.5) is 0 Å². The average Bonchev–Trinajstić information content (AvgIpc) is 3.29. The van der Waals surface area contributed by atoms with Crippen LogP contribution in [0, 0.1) is 18.3 Å². The third-order valence-corrected chi connectivity index (χ3v) is 6.63. The molecule has 0 bridgehead atoms. The van der Waals surface area contributed by atoms with Gasteiger partial charge in [0.25, 0.3) is 0 Å². The Hall–Kier alpha value is -4.35. The van der Waals surface area contributed by atoms with Crippen LogP contribution >= 0.6 is 0 Å². The zero-order chi connectivity index (χ0) is 25.7. The van der Waals surface area contributed by atoms with Crippen molar-refractivity contribution in [1.29, 1.82) is 5.26 Å². The minimum atomic E-state index is -4.11. The fourth-order valence-corrected chi connectivity index (χ4v) is 4.67. The number of ether oxygens (including phenoxy) is 1. The number of rotatable bonds is 9. The number of para-hydroxylation sites is 2. The maximum atomic E-state index is 13.0. The first-order valence-corrected chi connectivity index (χ1v) is 12.7. The highest BCUT2D eigenvalue weighted by molar-refractivity contribution is 7.87. The second kappa shape index (κ2) is 10.5. The molecule has 0 saturated heterocycles. The Morgan fingerprint density at radius 3 is 2.58 bits per heavy atom. The van der Waals surface area contributed by atoms with Gasteiger partial charge in [0.15, 0.2) is 11.5 Å². The summed E-state index contributed by atoms with van der Waals surface area (Å²) in [5.41, 5.74) is 4.01. The van der Waals surface area contributed by atoms with E-state index < -0.39 is 10.1 Å². The molecular formula is C28H25N3O4S. The SMILES string of the molecule is C=CCc1cc(/C=C(\C#N)c2nc3ccccc3[nH]2)cc(OCC)c1OS(=O)(=O)c1ccc(C)cc1. The van der Waals surface area contributed by atoms with E-state index in [-0.39, 0.29) is 23.0 Å². The van der Waals surface area contributed by atoms with E-state index in [0.29, 0.717) is 28.9 Å². The molecule has 0 fully saturated rings. The highest BCUT2D eigenvalue weighted by Gasteiger charge is 2.23. The average molecular weight is 500 g/mol. The van der Waals surface area contributed by atoms with E-state index in [1.165, 1.54) is 12.1 Å². The van der Waals surface area contributed by atoms with Crippen molar-refractivity contribution in [1.82, 2.24) is 9.97 Å². The molecule has 1 aromatic heterocycles. The minimum absolute atomic E-state index is 0.0423. The van der Waals surface area contributed by atoms with Crippen LogP contribution in [0.5, 0.6) is 11.5 Å². The molecule has 7 nitrogen and oxygen atoms in total. The van der Waals surface area contributed by atoms with Crippen LogP contribution in [-0.2, 0) is 16.5 Å². The standard InChI is InChI=1S/C28H25N3O4S/c1-4-8-21-15-20(16-22(18-29)28-30-24-9-6-7-10-25(24)31-28)17-26(34-5-2)27(21)35-36(32,33)23-13-11-19(3)12-14-23/h4,6-7,9-17H,1,5,8H2,2-3H3,(H,30,31)/b22-16+. The molecule has 1 heterocycles. The molecule has 3 aromatic carbocycles. The van der Waals surface area contributed by atoms with Crippen molar-refractivity contribution in [2.24, 2.45) is 0 Å². The molecule has 0 aliphatic carbocycles. The molecule has 0 atom stereocenters. The van der Waals surface area contributed by atoms with Crippen LogP contribution in [0.3, 0.4) is 0 Å². The number of nitriles is 1. The summed E-state index contributed by atoms with van der Waals surface area (Å²) in [6.45, 7) is 7.74. The summed E-state index contributed by atoms with van der Waals surface area (Å²) >= 11 is 0. The molecule has 8 heteroatoms. The molecule has 0 saturated carbocycles.